The molecule has 0 aromatic rings. The largest absolute Gasteiger partial charge is 0.388 e. The van der Waals surface area contributed by atoms with E-state index in [-0.39, 0.29) is 29.3 Å². The minimum absolute atomic E-state index is 0.160. The third-order valence-electron chi connectivity index (χ3n) is 16.1. The highest BCUT2D eigenvalue weighted by atomic mass is 16.7. The van der Waals surface area contributed by atoms with Crippen molar-refractivity contribution in [2.75, 3.05) is 13.2 Å². The summed E-state index contributed by atoms with van der Waals surface area (Å²) in [5, 5.41) is 62.8. The highest BCUT2D eigenvalue weighted by Gasteiger charge is 2.69. The lowest BCUT2D eigenvalue weighted by molar-refractivity contribution is -0.336. The van der Waals surface area contributed by atoms with Crippen molar-refractivity contribution < 1.29 is 59.1 Å². The van der Waals surface area contributed by atoms with Gasteiger partial charge in [-0.1, -0.05) is 27.7 Å². The maximum atomic E-state index is 10.9. The molecule has 8 rings (SSSR count). The number of aliphatic hydroxyl groups excluding tert-OH is 6. The molecule has 0 unspecified atom stereocenters. The van der Waals surface area contributed by atoms with Crippen molar-refractivity contribution in [2.45, 2.75) is 178 Å². The van der Waals surface area contributed by atoms with E-state index >= 15 is 0 Å². The quantitative estimate of drug-likeness (QED) is 0.229. The molecule has 8 aliphatic rings. The average molecular weight is 725 g/mol. The third-order valence-corrected chi connectivity index (χ3v) is 16.1. The van der Waals surface area contributed by atoms with Crippen LogP contribution in [0.2, 0.25) is 0 Å². The van der Waals surface area contributed by atoms with E-state index in [0.29, 0.717) is 47.5 Å². The number of fused-ring (bicyclic) bond motifs is 7. The Morgan fingerprint density at radius 2 is 1.41 bits per heavy atom. The van der Waals surface area contributed by atoms with Crippen molar-refractivity contribution in [3.05, 3.63) is 0 Å². The van der Waals surface area contributed by atoms with Gasteiger partial charge >= 0.3 is 0 Å². The van der Waals surface area contributed by atoms with Crippen LogP contribution in [0.5, 0.6) is 0 Å². The van der Waals surface area contributed by atoms with Crippen LogP contribution >= 0.6 is 0 Å². The van der Waals surface area contributed by atoms with Crippen LogP contribution in [-0.2, 0) is 28.4 Å². The molecule has 0 amide bonds. The lowest BCUT2D eigenvalue weighted by Crippen LogP contribution is -2.61. The third kappa shape index (κ3) is 6.00. The Morgan fingerprint density at radius 1 is 0.686 bits per heavy atom. The van der Waals surface area contributed by atoms with E-state index in [2.05, 4.69) is 27.7 Å². The second-order valence-electron chi connectivity index (χ2n) is 18.7. The summed E-state index contributed by atoms with van der Waals surface area (Å²) in [6.07, 6.45) is -1.92. The fraction of sp³-hybridized carbons (Fsp3) is 1.00. The highest BCUT2D eigenvalue weighted by Crippen LogP contribution is 2.71. The summed E-state index contributed by atoms with van der Waals surface area (Å²) in [5.74, 6) is 3.73. The molecule has 12 nitrogen and oxygen atoms in total. The summed E-state index contributed by atoms with van der Waals surface area (Å²) in [7, 11) is 0. The topological polar surface area (TPSA) is 177 Å². The molecule has 292 valence electrons. The molecule has 8 fully saturated rings. The van der Waals surface area contributed by atoms with Crippen LogP contribution < -0.4 is 0 Å². The Kier molecular flexibility index (Phi) is 10.00. The number of hydrogen-bond acceptors (Lipinski definition) is 12. The maximum absolute atomic E-state index is 10.9. The van der Waals surface area contributed by atoms with Crippen LogP contribution in [0.3, 0.4) is 0 Å². The predicted octanol–water partition coefficient (Wildman–Crippen LogP) is 2.47. The zero-order chi connectivity index (χ0) is 36.2. The zero-order valence-corrected chi connectivity index (χ0v) is 31.1. The van der Waals surface area contributed by atoms with Crippen molar-refractivity contribution in [1.29, 1.82) is 0 Å². The molecule has 0 bridgehead atoms. The predicted molar refractivity (Wildman–Crippen MR) is 182 cm³/mol. The molecule has 6 N–H and O–H groups in total. The van der Waals surface area contributed by atoms with Gasteiger partial charge in [0.05, 0.1) is 31.5 Å². The lowest BCUT2D eigenvalue weighted by atomic mass is 9.44. The first-order valence-corrected chi connectivity index (χ1v) is 20.1. The second-order valence-corrected chi connectivity index (χ2v) is 18.7. The fourth-order valence-electron chi connectivity index (χ4n) is 13.1. The van der Waals surface area contributed by atoms with Crippen molar-refractivity contribution >= 4 is 0 Å². The van der Waals surface area contributed by atoms with Crippen molar-refractivity contribution in [3.8, 4) is 0 Å². The summed E-state index contributed by atoms with van der Waals surface area (Å²) in [4.78, 5) is 0. The van der Waals surface area contributed by atoms with Gasteiger partial charge in [0, 0.05) is 12.3 Å². The van der Waals surface area contributed by atoms with E-state index in [1.54, 1.807) is 6.92 Å². The first-order chi connectivity index (χ1) is 24.2. The Labute approximate surface area is 302 Å². The Morgan fingerprint density at radius 3 is 2.16 bits per heavy atom. The SMILES string of the molecule is C[C@H]1CC[C@@]2(OC1)O[C@H]1C[C@H]3[C@@H]4CC[C@H]5C[C@@H](O[C@@H]6O[C@H](CO[C@@H]7O[C@H](C)[C@H](O)[C@H](O)[C@H]7O)[C@@H](O)[C@H](O)[C@H]6O)CC[C@]5(C)[C@H]4CC[C@]3(C)[C@H]1[C@@H]2C. The average Bonchev–Trinajstić information content (AvgIpc) is 3.56. The van der Waals surface area contributed by atoms with Crippen molar-refractivity contribution in [3.63, 3.8) is 0 Å². The van der Waals surface area contributed by atoms with Gasteiger partial charge in [-0.15, -0.1) is 0 Å². The standard InChI is InChI=1S/C39H64O12/c1-18-8-13-39(47-16-18)19(2)28-26(51-39)15-25-23-7-6-21-14-22(9-11-37(21,4)24(23)10-12-38(25,28)5)49-36-34(45)32(43)30(41)27(50-36)17-46-35-33(44)31(42)29(40)20(3)48-35/h18-36,40-45H,6-17H2,1-5H3/t18-,19-,20+,21-,22-,23+,24-,25-,26-,27+,28-,29-,30+,31-,32-,33+,34+,35+,36+,37-,38-,39+/m0/s1. The minimum atomic E-state index is -1.53. The number of ether oxygens (including phenoxy) is 6. The number of aliphatic hydroxyl groups is 6. The van der Waals surface area contributed by atoms with Crippen LogP contribution in [-0.4, -0.2) is 123 Å². The molecule has 0 aromatic heterocycles. The molecule has 12 heteroatoms. The van der Waals surface area contributed by atoms with Gasteiger partial charge in [-0.3, -0.25) is 0 Å². The summed E-state index contributed by atoms with van der Waals surface area (Å²) in [5.41, 5.74) is 0.498. The van der Waals surface area contributed by atoms with Gasteiger partial charge in [0.15, 0.2) is 18.4 Å². The minimum Gasteiger partial charge on any atom is -0.388 e. The second kappa shape index (κ2) is 13.6. The maximum Gasteiger partial charge on any atom is 0.186 e. The van der Waals surface area contributed by atoms with Crippen LogP contribution in [0.4, 0.5) is 0 Å². The summed E-state index contributed by atoms with van der Waals surface area (Å²) in [6, 6.07) is 0. The van der Waals surface area contributed by atoms with E-state index in [9.17, 15) is 30.6 Å². The van der Waals surface area contributed by atoms with Gasteiger partial charge in [0.25, 0.3) is 0 Å². The summed E-state index contributed by atoms with van der Waals surface area (Å²) < 4.78 is 37.1. The molecule has 4 saturated heterocycles. The first kappa shape index (κ1) is 37.4. The van der Waals surface area contributed by atoms with Gasteiger partial charge in [0.1, 0.15) is 42.7 Å². The smallest absolute Gasteiger partial charge is 0.186 e. The number of hydrogen-bond donors (Lipinski definition) is 6. The Hall–Kier alpha value is -0.480. The lowest BCUT2D eigenvalue weighted by Gasteiger charge is -2.61. The molecule has 51 heavy (non-hydrogen) atoms. The first-order valence-electron chi connectivity index (χ1n) is 20.1. The van der Waals surface area contributed by atoms with Crippen molar-refractivity contribution in [1.82, 2.24) is 0 Å². The molecule has 4 heterocycles. The summed E-state index contributed by atoms with van der Waals surface area (Å²) in [6.45, 7) is 11.9. The van der Waals surface area contributed by atoms with E-state index in [1.807, 2.05) is 0 Å². The van der Waals surface area contributed by atoms with Gasteiger partial charge in [-0.25, -0.2) is 0 Å². The molecular formula is C39H64O12. The van der Waals surface area contributed by atoms with Crippen molar-refractivity contribution in [2.24, 2.45) is 52.3 Å². The highest BCUT2D eigenvalue weighted by molar-refractivity contribution is 5.15. The molecule has 1 spiro atoms. The van der Waals surface area contributed by atoms with Crippen LogP contribution in [0, 0.1) is 52.3 Å². The van der Waals surface area contributed by atoms with Crippen LogP contribution in [0.15, 0.2) is 0 Å². The molecule has 0 radical (unpaired) electrons. The normalized spacial score (nSPS) is 59.9. The van der Waals surface area contributed by atoms with Gasteiger partial charge in [-0.05, 0) is 111 Å². The molecule has 4 saturated carbocycles. The van der Waals surface area contributed by atoms with E-state index < -0.39 is 61.4 Å². The van der Waals surface area contributed by atoms with Gasteiger partial charge in [0.2, 0.25) is 0 Å². The Balaban J connectivity index is 0.889. The molecule has 4 aliphatic heterocycles. The van der Waals surface area contributed by atoms with Crippen LogP contribution in [0.25, 0.3) is 0 Å². The zero-order valence-electron chi connectivity index (χ0n) is 31.1. The van der Waals surface area contributed by atoms with E-state index in [0.717, 1.165) is 45.1 Å². The molecule has 0 aromatic carbocycles. The van der Waals surface area contributed by atoms with E-state index in [1.165, 1.54) is 25.7 Å². The van der Waals surface area contributed by atoms with Crippen LogP contribution in [0.1, 0.15) is 98.8 Å². The Bertz CT molecular complexity index is 1250. The van der Waals surface area contributed by atoms with Gasteiger partial charge < -0.3 is 59.1 Å². The van der Waals surface area contributed by atoms with E-state index in [4.69, 9.17) is 28.4 Å². The van der Waals surface area contributed by atoms with Gasteiger partial charge in [-0.2, -0.15) is 0 Å². The summed E-state index contributed by atoms with van der Waals surface area (Å²) >= 11 is 0. The molecular weight excluding hydrogens is 660 g/mol. The number of rotatable bonds is 5. The molecule has 22 atom stereocenters. The molecule has 4 aliphatic carbocycles. The monoisotopic (exact) mass is 724 g/mol. The fourth-order valence-corrected chi connectivity index (χ4v) is 13.1.